The number of piperidine rings is 1. The fourth-order valence-electron chi connectivity index (χ4n) is 3.03. The maximum atomic E-state index is 12.9. The van der Waals surface area contributed by atoms with Gasteiger partial charge in [0.05, 0.1) is 5.92 Å². The standard InChI is InChI=1S/C18H20FN3O4/c19-14-8-6-12(7-9-14)17-20-15(26-21-17)4-1-5-16(23)22-10-2-3-13(11-22)18(24)25/h6-9,13H,1-5,10-11H2,(H,24,25)/t13-/m1/s1. The van der Waals surface area contributed by atoms with Crippen molar-refractivity contribution in [1.82, 2.24) is 15.0 Å². The number of hydrogen-bond acceptors (Lipinski definition) is 5. The monoisotopic (exact) mass is 361 g/mol. The molecule has 1 atom stereocenters. The van der Waals surface area contributed by atoms with Gasteiger partial charge in [-0.15, -0.1) is 0 Å². The summed E-state index contributed by atoms with van der Waals surface area (Å²) in [6.07, 6.45) is 2.63. The van der Waals surface area contributed by atoms with Gasteiger partial charge in [-0.2, -0.15) is 4.98 Å². The van der Waals surface area contributed by atoms with Gasteiger partial charge in [-0.25, -0.2) is 4.39 Å². The van der Waals surface area contributed by atoms with E-state index in [9.17, 15) is 14.0 Å². The van der Waals surface area contributed by atoms with Crippen LogP contribution in [0.1, 0.15) is 31.6 Å². The molecule has 1 N–H and O–H groups in total. The molecular weight excluding hydrogens is 341 g/mol. The molecule has 1 aliphatic rings. The van der Waals surface area contributed by atoms with Gasteiger partial charge < -0.3 is 14.5 Å². The molecule has 26 heavy (non-hydrogen) atoms. The molecule has 2 heterocycles. The van der Waals surface area contributed by atoms with Crippen LogP contribution < -0.4 is 0 Å². The zero-order chi connectivity index (χ0) is 18.5. The molecule has 138 valence electrons. The molecule has 1 aromatic heterocycles. The minimum atomic E-state index is -0.846. The topological polar surface area (TPSA) is 96.5 Å². The van der Waals surface area contributed by atoms with Crippen molar-refractivity contribution >= 4 is 11.9 Å². The highest BCUT2D eigenvalue weighted by Crippen LogP contribution is 2.19. The minimum Gasteiger partial charge on any atom is -0.481 e. The summed E-state index contributed by atoms with van der Waals surface area (Å²) in [4.78, 5) is 29.2. The van der Waals surface area contributed by atoms with Gasteiger partial charge >= 0.3 is 5.97 Å². The van der Waals surface area contributed by atoms with Crippen molar-refractivity contribution in [2.45, 2.75) is 32.1 Å². The lowest BCUT2D eigenvalue weighted by Gasteiger charge is -2.30. The Kier molecular flexibility index (Phi) is 5.60. The third kappa shape index (κ3) is 4.44. The lowest BCUT2D eigenvalue weighted by molar-refractivity contribution is -0.145. The Hall–Kier alpha value is -2.77. The number of likely N-dealkylation sites (tertiary alicyclic amines) is 1. The predicted molar refractivity (Wildman–Crippen MR) is 89.6 cm³/mol. The fourth-order valence-corrected chi connectivity index (χ4v) is 3.03. The second-order valence-corrected chi connectivity index (χ2v) is 6.39. The molecule has 1 fully saturated rings. The Balaban J connectivity index is 1.48. The molecule has 3 rings (SSSR count). The predicted octanol–water partition coefficient (Wildman–Crippen LogP) is 2.52. The summed E-state index contributed by atoms with van der Waals surface area (Å²) in [5.41, 5.74) is 0.658. The first kappa shape index (κ1) is 18.0. The molecule has 0 radical (unpaired) electrons. The molecule has 1 aliphatic heterocycles. The summed E-state index contributed by atoms with van der Waals surface area (Å²) >= 11 is 0. The van der Waals surface area contributed by atoms with E-state index in [2.05, 4.69) is 10.1 Å². The van der Waals surface area contributed by atoms with Gasteiger partial charge in [0.1, 0.15) is 5.82 Å². The van der Waals surface area contributed by atoms with Crippen molar-refractivity contribution in [3.63, 3.8) is 0 Å². The molecule has 1 saturated heterocycles. The highest BCUT2D eigenvalue weighted by molar-refractivity contribution is 5.78. The van der Waals surface area contributed by atoms with Crippen LogP contribution in [0.4, 0.5) is 4.39 Å². The van der Waals surface area contributed by atoms with Crippen LogP contribution in [-0.2, 0) is 16.0 Å². The maximum absolute atomic E-state index is 12.9. The number of halogens is 1. The van der Waals surface area contributed by atoms with Crippen molar-refractivity contribution in [2.75, 3.05) is 13.1 Å². The van der Waals surface area contributed by atoms with Gasteiger partial charge in [0.2, 0.25) is 17.6 Å². The van der Waals surface area contributed by atoms with Crippen molar-refractivity contribution in [2.24, 2.45) is 5.92 Å². The molecule has 0 saturated carbocycles. The Labute approximate surface area is 149 Å². The van der Waals surface area contributed by atoms with E-state index in [-0.39, 0.29) is 18.3 Å². The van der Waals surface area contributed by atoms with Crippen LogP contribution in [0.15, 0.2) is 28.8 Å². The number of benzene rings is 1. The zero-order valence-electron chi connectivity index (χ0n) is 14.2. The second-order valence-electron chi connectivity index (χ2n) is 6.39. The molecule has 8 heteroatoms. The van der Waals surface area contributed by atoms with Crippen molar-refractivity contribution in [3.8, 4) is 11.4 Å². The van der Waals surface area contributed by atoms with E-state index in [1.807, 2.05) is 0 Å². The van der Waals surface area contributed by atoms with Gasteiger partial charge in [0.15, 0.2) is 0 Å². The van der Waals surface area contributed by atoms with E-state index in [0.717, 1.165) is 0 Å². The van der Waals surface area contributed by atoms with Gasteiger partial charge in [-0.05, 0) is 43.5 Å². The average Bonchev–Trinajstić information content (AvgIpc) is 3.11. The van der Waals surface area contributed by atoms with Gasteiger partial charge in [-0.1, -0.05) is 5.16 Å². The molecule has 1 amide bonds. The first-order chi connectivity index (χ1) is 12.5. The number of aryl methyl sites for hydroxylation is 1. The number of carboxylic acids is 1. The second kappa shape index (κ2) is 8.07. The Bertz CT molecular complexity index is 775. The number of aromatic nitrogens is 2. The molecule has 0 aliphatic carbocycles. The van der Waals surface area contributed by atoms with Crippen molar-refractivity contribution < 1.29 is 23.6 Å². The summed E-state index contributed by atoms with van der Waals surface area (Å²) in [5, 5.41) is 13.0. The fraction of sp³-hybridized carbons (Fsp3) is 0.444. The zero-order valence-corrected chi connectivity index (χ0v) is 14.2. The highest BCUT2D eigenvalue weighted by atomic mass is 19.1. The summed E-state index contributed by atoms with van der Waals surface area (Å²) < 4.78 is 18.1. The van der Waals surface area contributed by atoms with Crippen LogP contribution in [0.2, 0.25) is 0 Å². The molecule has 1 aromatic carbocycles. The number of carbonyl (C=O) groups is 2. The van der Waals surface area contributed by atoms with Crippen molar-refractivity contribution in [1.29, 1.82) is 0 Å². The highest BCUT2D eigenvalue weighted by Gasteiger charge is 2.27. The summed E-state index contributed by atoms with van der Waals surface area (Å²) in [6.45, 7) is 0.890. The number of nitrogens with zero attached hydrogens (tertiary/aromatic N) is 3. The first-order valence-electron chi connectivity index (χ1n) is 8.62. The Morgan fingerprint density at radius 2 is 2.08 bits per heavy atom. The minimum absolute atomic E-state index is 0.0470. The number of aliphatic carboxylic acids is 1. The molecule has 7 nitrogen and oxygen atoms in total. The van der Waals surface area contributed by atoms with Crippen LogP contribution >= 0.6 is 0 Å². The first-order valence-corrected chi connectivity index (χ1v) is 8.62. The number of amides is 1. The lowest BCUT2D eigenvalue weighted by atomic mass is 9.98. The molecule has 0 spiro atoms. The SMILES string of the molecule is O=C(O)[C@@H]1CCCN(C(=O)CCCc2nc(-c3ccc(F)cc3)no2)C1. The maximum Gasteiger partial charge on any atom is 0.308 e. The van der Waals surface area contributed by atoms with Crippen LogP contribution in [-0.4, -0.2) is 45.1 Å². The third-order valence-electron chi connectivity index (χ3n) is 4.48. The Morgan fingerprint density at radius 1 is 1.31 bits per heavy atom. The average molecular weight is 361 g/mol. The van der Waals surface area contributed by atoms with Gasteiger partial charge in [0, 0.05) is 31.5 Å². The number of rotatable bonds is 6. The van der Waals surface area contributed by atoms with Crippen LogP contribution in [0.3, 0.4) is 0 Å². The summed E-state index contributed by atoms with van der Waals surface area (Å²) in [6, 6.07) is 5.80. The summed E-state index contributed by atoms with van der Waals surface area (Å²) in [5.74, 6) is -0.900. The van der Waals surface area contributed by atoms with Gasteiger partial charge in [0.25, 0.3) is 0 Å². The van der Waals surface area contributed by atoms with E-state index < -0.39 is 11.9 Å². The van der Waals surface area contributed by atoms with E-state index in [1.165, 1.54) is 12.1 Å². The van der Waals surface area contributed by atoms with E-state index in [1.54, 1.807) is 17.0 Å². The van der Waals surface area contributed by atoms with Gasteiger partial charge in [-0.3, -0.25) is 9.59 Å². The Morgan fingerprint density at radius 3 is 2.81 bits per heavy atom. The molecule has 0 bridgehead atoms. The van der Waals surface area contributed by atoms with Crippen molar-refractivity contribution in [3.05, 3.63) is 36.0 Å². The van der Waals surface area contributed by atoms with Crippen LogP contribution in [0.5, 0.6) is 0 Å². The molecule has 2 aromatic rings. The molecular formula is C18H20FN3O4. The largest absolute Gasteiger partial charge is 0.481 e. The van der Waals surface area contributed by atoms with Crippen LogP contribution in [0.25, 0.3) is 11.4 Å². The van der Waals surface area contributed by atoms with E-state index in [4.69, 9.17) is 9.63 Å². The quantitative estimate of drug-likeness (QED) is 0.849. The van der Waals surface area contributed by atoms with Crippen LogP contribution in [0, 0.1) is 11.7 Å². The smallest absolute Gasteiger partial charge is 0.308 e. The summed E-state index contributed by atoms with van der Waals surface area (Å²) in [7, 11) is 0. The number of carbonyl (C=O) groups excluding carboxylic acids is 1. The third-order valence-corrected chi connectivity index (χ3v) is 4.48. The van der Waals surface area contributed by atoms with E-state index in [0.29, 0.717) is 55.9 Å². The number of hydrogen-bond donors (Lipinski definition) is 1. The number of carboxylic acid groups (broad SMARTS) is 1. The van der Waals surface area contributed by atoms with E-state index >= 15 is 0 Å². The molecule has 0 unspecified atom stereocenters. The normalized spacial score (nSPS) is 17.3. The lowest BCUT2D eigenvalue weighted by Crippen LogP contribution is -2.42.